The second-order valence-electron chi connectivity index (χ2n) is 6.20. The number of nitrogens with one attached hydrogen (secondary N) is 2. The third kappa shape index (κ3) is 4.80. The molecule has 144 valence electrons. The summed E-state index contributed by atoms with van der Waals surface area (Å²) in [5, 5.41) is 3.37. The predicted octanol–water partition coefficient (Wildman–Crippen LogP) is 2.79. The fraction of sp³-hybridized carbons (Fsp3) is 0.389. The van der Waals surface area contributed by atoms with Crippen molar-refractivity contribution in [3.63, 3.8) is 0 Å². The predicted molar refractivity (Wildman–Crippen MR) is 106 cm³/mol. The second-order valence-corrected chi connectivity index (χ2v) is 6.99. The van der Waals surface area contributed by atoms with E-state index in [2.05, 4.69) is 15.3 Å². The number of anilines is 2. The summed E-state index contributed by atoms with van der Waals surface area (Å²) in [6.07, 6.45) is 0.410. The third-order valence-electron chi connectivity index (χ3n) is 4.35. The highest BCUT2D eigenvalue weighted by atomic mass is 35.5. The summed E-state index contributed by atoms with van der Waals surface area (Å²) in [7, 11) is 0. The van der Waals surface area contributed by atoms with Gasteiger partial charge in [-0.1, -0.05) is 29.3 Å². The molecule has 1 aliphatic heterocycles. The number of nitrogens with zero attached hydrogens (tertiary/aromatic N) is 2. The number of benzene rings is 1. The number of carbonyl (C=O) groups is 1. The first kappa shape index (κ1) is 19.7. The summed E-state index contributed by atoms with van der Waals surface area (Å²) < 4.78 is 5.31. The van der Waals surface area contributed by atoms with E-state index >= 15 is 0 Å². The number of halogens is 2. The van der Waals surface area contributed by atoms with E-state index in [1.54, 1.807) is 25.1 Å². The first-order valence-electron chi connectivity index (χ1n) is 8.62. The average Bonchev–Trinajstić information content (AvgIpc) is 2.65. The Morgan fingerprint density at radius 3 is 2.78 bits per heavy atom. The SMILES string of the molecule is Cc1nc(N2CCOCC2)[nH]c(=O)c1CCC(=O)Nc1cccc(Cl)c1Cl. The number of ether oxygens (including phenoxy) is 1. The molecule has 27 heavy (non-hydrogen) atoms. The minimum Gasteiger partial charge on any atom is -0.378 e. The van der Waals surface area contributed by atoms with E-state index in [0.29, 0.717) is 54.2 Å². The number of hydrogen-bond acceptors (Lipinski definition) is 5. The van der Waals surface area contributed by atoms with Gasteiger partial charge in [0.1, 0.15) is 0 Å². The maximum Gasteiger partial charge on any atom is 0.255 e. The van der Waals surface area contributed by atoms with Crippen LogP contribution in [0.1, 0.15) is 17.7 Å². The van der Waals surface area contributed by atoms with Gasteiger partial charge in [-0.2, -0.15) is 0 Å². The maximum atomic E-state index is 12.4. The molecule has 0 unspecified atom stereocenters. The van der Waals surface area contributed by atoms with Crippen LogP contribution in [-0.2, 0) is 16.0 Å². The molecule has 0 spiro atoms. The van der Waals surface area contributed by atoms with E-state index in [4.69, 9.17) is 27.9 Å². The van der Waals surface area contributed by atoms with E-state index in [1.165, 1.54) is 0 Å². The first-order valence-corrected chi connectivity index (χ1v) is 9.37. The van der Waals surface area contributed by atoms with Gasteiger partial charge in [0.25, 0.3) is 5.56 Å². The standard InChI is InChI=1S/C18H20Cl2N4O3/c1-11-12(17(26)23-18(21-11)24-7-9-27-10-8-24)5-6-15(25)22-14-4-2-3-13(19)16(14)20/h2-4H,5-10H2,1H3,(H,22,25)(H,21,23,26). The molecule has 1 saturated heterocycles. The summed E-state index contributed by atoms with van der Waals surface area (Å²) in [6, 6.07) is 5.01. The summed E-state index contributed by atoms with van der Waals surface area (Å²) in [5.74, 6) is 0.287. The van der Waals surface area contributed by atoms with E-state index in [9.17, 15) is 9.59 Å². The van der Waals surface area contributed by atoms with Gasteiger partial charge in [0.15, 0.2) is 0 Å². The highest BCUT2D eigenvalue weighted by Crippen LogP contribution is 2.29. The quantitative estimate of drug-likeness (QED) is 0.790. The summed E-state index contributed by atoms with van der Waals surface area (Å²) in [6.45, 7) is 4.36. The van der Waals surface area contributed by atoms with Crippen molar-refractivity contribution in [1.82, 2.24) is 9.97 Å². The smallest absolute Gasteiger partial charge is 0.255 e. The van der Waals surface area contributed by atoms with E-state index < -0.39 is 0 Å². The number of amides is 1. The molecule has 1 fully saturated rings. The largest absolute Gasteiger partial charge is 0.378 e. The minimum absolute atomic E-state index is 0.130. The van der Waals surface area contributed by atoms with E-state index in [-0.39, 0.29) is 29.3 Å². The topological polar surface area (TPSA) is 87.3 Å². The number of aromatic amines is 1. The molecule has 1 amide bonds. The molecule has 1 aromatic carbocycles. The first-order chi connectivity index (χ1) is 13.0. The Bertz CT molecular complexity index is 895. The molecule has 2 aromatic rings. The van der Waals surface area contributed by atoms with Gasteiger partial charge in [0.05, 0.1) is 28.9 Å². The molecule has 2 heterocycles. The van der Waals surface area contributed by atoms with Crippen LogP contribution in [0.25, 0.3) is 0 Å². The number of rotatable bonds is 5. The van der Waals surface area contributed by atoms with Crippen LogP contribution in [0.15, 0.2) is 23.0 Å². The Hall–Kier alpha value is -2.09. The molecule has 0 saturated carbocycles. The zero-order valence-electron chi connectivity index (χ0n) is 14.8. The monoisotopic (exact) mass is 410 g/mol. The van der Waals surface area contributed by atoms with Crippen molar-refractivity contribution in [3.05, 3.63) is 49.9 Å². The van der Waals surface area contributed by atoms with Gasteiger partial charge < -0.3 is 15.0 Å². The lowest BCUT2D eigenvalue weighted by Crippen LogP contribution is -2.38. The fourth-order valence-electron chi connectivity index (χ4n) is 2.87. The molecule has 9 heteroatoms. The van der Waals surface area contributed by atoms with Gasteiger partial charge in [0.2, 0.25) is 11.9 Å². The molecule has 2 N–H and O–H groups in total. The van der Waals surface area contributed by atoms with Crippen molar-refractivity contribution in [2.75, 3.05) is 36.5 Å². The van der Waals surface area contributed by atoms with Crippen LogP contribution in [0.2, 0.25) is 10.0 Å². The van der Waals surface area contributed by atoms with E-state index in [1.807, 2.05) is 4.90 Å². The van der Waals surface area contributed by atoms with Gasteiger partial charge in [-0.15, -0.1) is 0 Å². The molecular weight excluding hydrogens is 391 g/mol. The van der Waals surface area contributed by atoms with Crippen molar-refractivity contribution < 1.29 is 9.53 Å². The van der Waals surface area contributed by atoms with Crippen LogP contribution in [0.3, 0.4) is 0 Å². The van der Waals surface area contributed by atoms with Crippen LogP contribution >= 0.6 is 23.2 Å². The summed E-state index contributed by atoms with van der Waals surface area (Å²) >= 11 is 12.0. The van der Waals surface area contributed by atoms with Crippen molar-refractivity contribution in [2.45, 2.75) is 19.8 Å². The number of aryl methyl sites for hydroxylation is 1. The molecule has 0 aliphatic carbocycles. The maximum absolute atomic E-state index is 12.4. The molecular formula is C18H20Cl2N4O3. The summed E-state index contributed by atoms with van der Waals surface area (Å²) in [5.41, 5.74) is 1.34. The Balaban J connectivity index is 1.66. The van der Waals surface area contributed by atoms with Gasteiger partial charge in [-0.05, 0) is 25.5 Å². The molecule has 3 rings (SSSR count). The van der Waals surface area contributed by atoms with Gasteiger partial charge in [-0.3, -0.25) is 14.6 Å². The van der Waals surface area contributed by atoms with Gasteiger partial charge in [0, 0.05) is 30.8 Å². The van der Waals surface area contributed by atoms with Crippen LogP contribution in [0, 0.1) is 6.92 Å². The Kier molecular flexibility index (Phi) is 6.36. The van der Waals surface area contributed by atoms with Crippen molar-refractivity contribution in [1.29, 1.82) is 0 Å². The number of H-pyrrole nitrogens is 1. The normalized spacial score (nSPS) is 14.3. The lowest BCUT2D eigenvalue weighted by Gasteiger charge is -2.27. The van der Waals surface area contributed by atoms with Crippen LogP contribution in [0.4, 0.5) is 11.6 Å². The Morgan fingerprint density at radius 2 is 2.07 bits per heavy atom. The zero-order chi connectivity index (χ0) is 19.4. The average molecular weight is 411 g/mol. The molecule has 0 bridgehead atoms. The lowest BCUT2D eigenvalue weighted by molar-refractivity contribution is -0.116. The molecule has 1 aliphatic rings. The highest BCUT2D eigenvalue weighted by Gasteiger charge is 2.17. The zero-order valence-corrected chi connectivity index (χ0v) is 16.4. The van der Waals surface area contributed by atoms with Crippen molar-refractivity contribution in [3.8, 4) is 0 Å². The Morgan fingerprint density at radius 1 is 1.33 bits per heavy atom. The minimum atomic E-state index is -0.254. The molecule has 0 atom stereocenters. The molecule has 0 radical (unpaired) electrons. The number of morpholine rings is 1. The van der Waals surface area contributed by atoms with E-state index in [0.717, 1.165) is 0 Å². The van der Waals surface area contributed by atoms with Crippen LogP contribution in [-0.4, -0.2) is 42.2 Å². The number of aromatic nitrogens is 2. The van der Waals surface area contributed by atoms with Crippen LogP contribution < -0.4 is 15.8 Å². The van der Waals surface area contributed by atoms with Crippen molar-refractivity contribution in [2.24, 2.45) is 0 Å². The number of carbonyl (C=O) groups excluding carboxylic acids is 1. The third-order valence-corrected chi connectivity index (χ3v) is 5.17. The van der Waals surface area contributed by atoms with Crippen molar-refractivity contribution >= 4 is 40.7 Å². The van der Waals surface area contributed by atoms with Gasteiger partial charge >= 0.3 is 0 Å². The summed E-state index contributed by atoms with van der Waals surface area (Å²) in [4.78, 5) is 33.9. The second kappa shape index (κ2) is 8.73. The molecule has 1 aromatic heterocycles. The Labute approximate surface area is 166 Å². The number of hydrogen-bond donors (Lipinski definition) is 2. The van der Waals surface area contributed by atoms with Gasteiger partial charge in [-0.25, -0.2) is 4.98 Å². The molecule has 7 nitrogen and oxygen atoms in total. The van der Waals surface area contributed by atoms with Crippen LogP contribution in [0.5, 0.6) is 0 Å². The fourth-order valence-corrected chi connectivity index (χ4v) is 3.21. The highest BCUT2D eigenvalue weighted by molar-refractivity contribution is 6.43. The lowest BCUT2D eigenvalue weighted by atomic mass is 10.1.